The summed E-state index contributed by atoms with van der Waals surface area (Å²) in [6, 6.07) is 0. The van der Waals surface area contributed by atoms with Gasteiger partial charge in [-0.1, -0.05) is 0 Å². The van der Waals surface area contributed by atoms with Crippen molar-refractivity contribution in [1.29, 1.82) is 0 Å². The minimum absolute atomic E-state index is 0.0513. The Balaban J connectivity index is 2.06. The average Bonchev–Trinajstić information content (AvgIpc) is 2.77. The summed E-state index contributed by atoms with van der Waals surface area (Å²) in [6.07, 6.45) is 3.73. The first kappa shape index (κ1) is 10.2. The minimum atomic E-state index is -0.865. The van der Waals surface area contributed by atoms with Gasteiger partial charge in [-0.3, -0.25) is 0 Å². The van der Waals surface area contributed by atoms with Gasteiger partial charge in [0.05, 0.1) is 0 Å². The molecule has 1 N–H and O–H groups in total. The van der Waals surface area contributed by atoms with Crippen LogP contribution in [0.1, 0.15) is 12.2 Å². The summed E-state index contributed by atoms with van der Waals surface area (Å²) in [6.45, 7) is 3.11. The zero-order chi connectivity index (χ0) is 10.8. The lowest BCUT2D eigenvalue weighted by molar-refractivity contribution is -0.149. The van der Waals surface area contributed by atoms with Crippen molar-refractivity contribution in [2.75, 3.05) is 6.61 Å². The maximum atomic E-state index is 10.9. The Labute approximate surface area is 87.7 Å². The highest BCUT2D eigenvalue weighted by molar-refractivity contribution is 5.73. The molecular weight excluding hydrogens is 196 g/mol. The Morgan fingerprint density at radius 2 is 2.60 bits per heavy atom. The van der Waals surface area contributed by atoms with Gasteiger partial charge in [0.1, 0.15) is 5.82 Å². The summed E-state index contributed by atoms with van der Waals surface area (Å²) < 4.78 is 7.15. The minimum Gasteiger partial charge on any atom is -0.479 e. The third kappa shape index (κ3) is 2.02. The van der Waals surface area contributed by atoms with Crippen molar-refractivity contribution >= 4 is 5.97 Å². The van der Waals surface area contributed by atoms with Crippen LogP contribution < -0.4 is 0 Å². The van der Waals surface area contributed by atoms with Crippen molar-refractivity contribution < 1.29 is 14.6 Å². The predicted octanol–water partition coefficient (Wildman–Crippen LogP) is 0.681. The lowest BCUT2D eigenvalue weighted by atomic mass is 10.0. The number of imidazole rings is 1. The van der Waals surface area contributed by atoms with E-state index in [2.05, 4.69) is 4.98 Å². The first-order chi connectivity index (χ1) is 7.18. The second-order valence-electron chi connectivity index (χ2n) is 3.81. The Hall–Kier alpha value is -1.36. The first-order valence-corrected chi connectivity index (χ1v) is 5.00. The number of nitrogens with zero attached hydrogens (tertiary/aromatic N) is 2. The summed E-state index contributed by atoms with van der Waals surface area (Å²) >= 11 is 0. The number of aromatic nitrogens is 2. The maximum absolute atomic E-state index is 10.9. The second-order valence-corrected chi connectivity index (χ2v) is 3.81. The Kier molecular flexibility index (Phi) is 2.73. The van der Waals surface area contributed by atoms with Crippen LogP contribution in [0.25, 0.3) is 0 Å². The molecule has 0 spiro atoms. The monoisotopic (exact) mass is 210 g/mol. The molecule has 2 rings (SSSR count). The lowest BCUT2D eigenvalue weighted by Crippen LogP contribution is -2.29. The van der Waals surface area contributed by atoms with Crippen LogP contribution in [0.4, 0.5) is 0 Å². The van der Waals surface area contributed by atoms with Gasteiger partial charge in [-0.05, 0) is 13.3 Å². The summed E-state index contributed by atoms with van der Waals surface area (Å²) in [5.41, 5.74) is 0. The predicted molar refractivity (Wildman–Crippen MR) is 52.4 cm³/mol. The Bertz CT molecular complexity index is 361. The van der Waals surface area contributed by atoms with E-state index in [1.165, 1.54) is 0 Å². The van der Waals surface area contributed by atoms with Crippen molar-refractivity contribution in [1.82, 2.24) is 9.55 Å². The van der Waals surface area contributed by atoms with E-state index < -0.39 is 12.1 Å². The summed E-state index contributed by atoms with van der Waals surface area (Å²) in [5.74, 6) is 0.0942. The molecule has 5 nitrogen and oxygen atoms in total. The highest BCUT2D eigenvalue weighted by Crippen LogP contribution is 2.23. The smallest absolute Gasteiger partial charge is 0.333 e. The summed E-state index contributed by atoms with van der Waals surface area (Å²) in [4.78, 5) is 15.0. The highest BCUT2D eigenvalue weighted by atomic mass is 16.5. The molecule has 0 bridgehead atoms. The Morgan fingerprint density at radius 3 is 3.20 bits per heavy atom. The van der Waals surface area contributed by atoms with Gasteiger partial charge in [-0.2, -0.15) is 0 Å². The fourth-order valence-electron chi connectivity index (χ4n) is 1.94. The zero-order valence-corrected chi connectivity index (χ0v) is 8.59. The molecule has 0 aromatic carbocycles. The van der Waals surface area contributed by atoms with Crippen LogP contribution in [-0.4, -0.2) is 33.3 Å². The molecule has 82 valence electrons. The molecule has 1 fully saturated rings. The fraction of sp³-hybridized carbons (Fsp3) is 0.600. The van der Waals surface area contributed by atoms with Gasteiger partial charge in [0.25, 0.3) is 0 Å². The van der Waals surface area contributed by atoms with Gasteiger partial charge >= 0.3 is 5.97 Å². The second kappa shape index (κ2) is 4.02. The molecule has 0 unspecified atom stereocenters. The molecule has 0 radical (unpaired) electrons. The van der Waals surface area contributed by atoms with Crippen LogP contribution in [-0.2, 0) is 16.1 Å². The van der Waals surface area contributed by atoms with E-state index in [0.717, 1.165) is 12.2 Å². The van der Waals surface area contributed by atoms with Gasteiger partial charge in [0.15, 0.2) is 6.10 Å². The molecule has 1 saturated heterocycles. The number of ether oxygens (including phenoxy) is 1. The first-order valence-electron chi connectivity index (χ1n) is 5.00. The fourth-order valence-corrected chi connectivity index (χ4v) is 1.94. The van der Waals surface area contributed by atoms with Crippen molar-refractivity contribution in [2.24, 2.45) is 5.92 Å². The van der Waals surface area contributed by atoms with Gasteiger partial charge in [0, 0.05) is 31.5 Å². The molecule has 2 atom stereocenters. The van der Waals surface area contributed by atoms with E-state index in [1.807, 2.05) is 17.7 Å². The van der Waals surface area contributed by atoms with Crippen LogP contribution in [0, 0.1) is 12.8 Å². The molecule has 1 aliphatic heterocycles. The van der Waals surface area contributed by atoms with Crippen LogP contribution in [0.3, 0.4) is 0 Å². The number of aliphatic carboxylic acids is 1. The molecular formula is C10H14N2O3. The number of carboxylic acids is 1. The van der Waals surface area contributed by atoms with Gasteiger partial charge in [0.2, 0.25) is 0 Å². The van der Waals surface area contributed by atoms with Crippen LogP contribution in [0.2, 0.25) is 0 Å². The maximum Gasteiger partial charge on any atom is 0.333 e. The topological polar surface area (TPSA) is 64.4 Å². The molecule has 5 heteroatoms. The SMILES string of the molecule is Cc1nccn1C[C@@H]1CCO[C@@H]1C(=O)O. The van der Waals surface area contributed by atoms with E-state index in [0.29, 0.717) is 13.2 Å². The number of hydrogen-bond donors (Lipinski definition) is 1. The average molecular weight is 210 g/mol. The van der Waals surface area contributed by atoms with E-state index in [4.69, 9.17) is 9.84 Å². The summed E-state index contributed by atoms with van der Waals surface area (Å²) in [5, 5.41) is 8.93. The van der Waals surface area contributed by atoms with Gasteiger partial charge in [-0.25, -0.2) is 9.78 Å². The number of aryl methyl sites for hydroxylation is 1. The van der Waals surface area contributed by atoms with Crippen molar-refractivity contribution in [3.05, 3.63) is 18.2 Å². The largest absolute Gasteiger partial charge is 0.479 e. The molecule has 15 heavy (non-hydrogen) atoms. The van der Waals surface area contributed by atoms with Crippen molar-refractivity contribution in [2.45, 2.75) is 26.0 Å². The van der Waals surface area contributed by atoms with Crippen molar-refractivity contribution in [3.8, 4) is 0 Å². The zero-order valence-electron chi connectivity index (χ0n) is 8.59. The van der Waals surface area contributed by atoms with Crippen LogP contribution in [0.15, 0.2) is 12.4 Å². The number of carbonyl (C=O) groups is 1. The summed E-state index contributed by atoms with van der Waals surface area (Å²) in [7, 11) is 0. The standard InChI is InChI=1S/C10H14N2O3/c1-7-11-3-4-12(7)6-8-2-5-15-9(8)10(13)14/h3-4,8-9H,2,5-6H2,1H3,(H,13,14)/t8-,9-/m0/s1. The van der Waals surface area contributed by atoms with Gasteiger partial charge < -0.3 is 14.4 Å². The molecule has 0 saturated carbocycles. The molecule has 0 aliphatic carbocycles. The van der Waals surface area contributed by atoms with E-state index >= 15 is 0 Å². The highest BCUT2D eigenvalue weighted by Gasteiger charge is 2.34. The third-order valence-corrected chi connectivity index (χ3v) is 2.81. The number of carboxylic acid groups (broad SMARTS) is 1. The molecule has 0 amide bonds. The molecule has 1 aliphatic rings. The van der Waals surface area contributed by atoms with Crippen molar-refractivity contribution in [3.63, 3.8) is 0 Å². The van der Waals surface area contributed by atoms with Crippen LogP contribution >= 0.6 is 0 Å². The van der Waals surface area contributed by atoms with Gasteiger partial charge in [-0.15, -0.1) is 0 Å². The number of hydrogen-bond acceptors (Lipinski definition) is 3. The lowest BCUT2D eigenvalue weighted by Gasteiger charge is -2.15. The molecule has 1 aromatic heterocycles. The third-order valence-electron chi connectivity index (χ3n) is 2.81. The Morgan fingerprint density at radius 1 is 1.80 bits per heavy atom. The molecule has 1 aromatic rings. The van der Waals surface area contributed by atoms with E-state index in [1.54, 1.807) is 6.20 Å². The van der Waals surface area contributed by atoms with E-state index in [9.17, 15) is 4.79 Å². The van der Waals surface area contributed by atoms with E-state index in [-0.39, 0.29) is 5.92 Å². The molecule has 2 heterocycles. The van der Waals surface area contributed by atoms with Crippen LogP contribution in [0.5, 0.6) is 0 Å². The normalized spacial score (nSPS) is 25.7. The number of rotatable bonds is 3. The quantitative estimate of drug-likeness (QED) is 0.796.